The molecule has 0 aromatic carbocycles. The van der Waals surface area contributed by atoms with Gasteiger partial charge in [-0.15, -0.1) is 0 Å². The molecule has 5 nitrogen and oxygen atoms in total. The Hall–Kier alpha value is -0.690. The number of hydrogen-bond acceptors (Lipinski definition) is 5. The molecular formula is C9H14O5S2. The lowest BCUT2D eigenvalue weighted by atomic mass is 9.95. The third-order valence-corrected chi connectivity index (χ3v) is 3.28. The Bertz CT molecular complexity index is 253. The largest absolute Gasteiger partial charge is 0.481 e. The predicted molar refractivity (Wildman–Crippen MR) is 64.0 cm³/mol. The van der Waals surface area contributed by atoms with E-state index >= 15 is 0 Å². The van der Waals surface area contributed by atoms with Gasteiger partial charge in [-0.1, -0.05) is 0 Å². The minimum Gasteiger partial charge on any atom is -0.481 e. The third kappa shape index (κ3) is 4.44. The molecule has 0 aromatic heterocycles. The second-order valence-corrected chi connectivity index (χ2v) is 4.92. The van der Waals surface area contributed by atoms with Crippen LogP contribution in [0.3, 0.4) is 0 Å². The van der Waals surface area contributed by atoms with Crippen LogP contribution in [0.5, 0.6) is 0 Å². The molecule has 0 saturated carbocycles. The van der Waals surface area contributed by atoms with Crippen LogP contribution >= 0.6 is 23.5 Å². The minimum atomic E-state index is -1.26. The van der Waals surface area contributed by atoms with Crippen molar-refractivity contribution in [2.75, 3.05) is 24.0 Å². The van der Waals surface area contributed by atoms with E-state index in [1.807, 2.05) is 0 Å². The fourth-order valence-corrected chi connectivity index (χ4v) is 2.41. The smallest absolute Gasteiger partial charge is 0.314 e. The van der Waals surface area contributed by atoms with Crippen LogP contribution in [0, 0.1) is 11.8 Å². The second kappa shape index (κ2) is 7.56. The Balaban J connectivity index is 4.79. The Morgan fingerprint density at radius 1 is 0.938 bits per heavy atom. The predicted octanol–water partition coefficient (Wildman–Crippen LogP) is 0.683. The number of hydrogen-bond donors (Lipinski definition) is 2. The van der Waals surface area contributed by atoms with Crippen LogP contribution in [0.15, 0.2) is 0 Å². The molecule has 0 spiro atoms. The molecule has 0 rings (SSSR count). The zero-order chi connectivity index (χ0) is 12.7. The van der Waals surface area contributed by atoms with Gasteiger partial charge in [0.1, 0.15) is 11.8 Å². The molecule has 92 valence electrons. The van der Waals surface area contributed by atoms with E-state index in [9.17, 15) is 14.4 Å². The van der Waals surface area contributed by atoms with Crippen molar-refractivity contribution < 1.29 is 24.6 Å². The lowest BCUT2D eigenvalue weighted by molar-refractivity contribution is -0.150. The van der Waals surface area contributed by atoms with Gasteiger partial charge in [0.25, 0.3) is 0 Å². The van der Waals surface area contributed by atoms with E-state index in [-0.39, 0.29) is 11.5 Å². The van der Waals surface area contributed by atoms with Crippen molar-refractivity contribution in [2.45, 2.75) is 0 Å². The van der Waals surface area contributed by atoms with E-state index in [1.165, 1.54) is 23.5 Å². The van der Waals surface area contributed by atoms with E-state index < -0.39 is 29.6 Å². The number of carbonyl (C=O) groups excluding carboxylic acids is 1. The number of rotatable bonds is 8. The highest BCUT2D eigenvalue weighted by Gasteiger charge is 2.35. The quantitative estimate of drug-likeness (QED) is 0.624. The van der Waals surface area contributed by atoms with Crippen molar-refractivity contribution in [2.24, 2.45) is 11.8 Å². The number of carboxylic acids is 2. The van der Waals surface area contributed by atoms with Crippen LogP contribution < -0.4 is 0 Å². The molecule has 2 atom stereocenters. The first kappa shape index (κ1) is 15.3. The van der Waals surface area contributed by atoms with Gasteiger partial charge in [0.15, 0.2) is 5.78 Å². The summed E-state index contributed by atoms with van der Waals surface area (Å²) in [6.45, 7) is 0. The molecule has 0 fully saturated rings. The maximum Gasteiger partial charge on any atom is 0.314 e. The first-order valence-corrected chi connectivity index (χ1v) is 7.21. The van der Waals surface area contributed by atoms with Crippen LogP contribution in [0.25, 0.3) is 0 Å². The molecule has 16 heavy (non-hydrogen) atoms. The SMILES string of the molecule is CSCC(C(=O)O)C(=O)C(CSC)C(=O)O. The summed E-state index contributed by atoms with van der Waals surface area (Å²) in [5, 5.41) is 17.7. The third-order valence-electron chi connectivity index (χ3n) is 1.95. The van der Waals surface area contributed by atoms with Crippen molar-refractivity contribution in [3.8, 4) is 0 Å². The second-order valence-electron chi connectivity index (χ2n) is 3.09. The number of ketones is 1. The van der Waals surface area contributed by atoms with E-state index in [2.05, 4.69) is 0 Å². The Kier molecular flexibility index (Phi) is 7.24. The average molecular weight is 266 g/mol. The van der Waals surface area contributed by atoms with Gasteiger partial charge in [-0.25, -0.2) is 0 Å². The zero-order valence-electron chi connectivity index (χ0n) is 9.00. The summed E-state index contributed by atoms with van der Waals surface area (Å²) in [7, 11) is 0. The van der Waals surface area contributed by atoms with Crippen molar-refractivity contribution in [3.05, 3.63) is 0 Å². The Morgan fingerprint density at radius 3 is 1.44 bits per heavy atom. The van der Waals surface area contributed by atoms with E-state index in [1.54, 1.807) is 12.5 Å². The van der Waals surface area contributed by atoms with Gasteiger partial charge in [-0.3, -0.25) is 14.4 Å². The summed E-state index contributed by atoms with van der Waals surface area (Å²) < 4.78 is 0. The Labute approximate surface area is 102 Å². The highest BCUT2D eigenvalue weighted by molar-refractivity contribution is 7.98. The monoisotopic (exact) mass is 266 g/mol. The molecule has 7 heteroatoms. The lowest BCUT2D eigenvalue weighted by Crippen LogP contribution is -2.36. The molecule has 0 aromatic rings. The molecule has 0 bridgehead atoms. The summed E-state index contributed by atoms with van der Waals surface area (Å²) in [5.74, 6) is -5.49. The average Bonchev–Trinajstić information content (AvgIpc) is 2.20. The number of aliphatic carboxylic acids is 2. The number of Topliss-reactive ketones (excluding diaryl/α,β-unsaturated/α-hetero) is 1. The molecule has 0 amide bonds. The number of carboxylic acid groups (broad SMARTS) is 2. The van der Waals surface area contributed by atoms with Crippen molar-refractivity contribution in [1.29, 1.82) is 0 Å². The topological polar surface area (TPSA) is 91.7 Å². The standard InChI is InChI=1S/C9H14O5S2/c1-15-3-5(8(11)12)7(10)6(4-16-2)9(13)14/h5-6H,3-4H2,1-2H3,(H,11,12)(H,13,14). The fraction of sp³-hybridized carbons (Fsp3) is 0.667. The van der Waals surface area contributed by atoms with Gasteiger partial charge < -0.3 is 10.2 Å². The summed E-state index contributed by atoms with van der Waals surface area (Å²) in [6, 6.07) is 0. The summed E-state index contributed by atoms with van der Waals surface area (Å²) in [6.07, 6.45) is 3.35. The molecule has 0 saturated heterocycles. The molecule has 0 aliphatic heterocycles. The first-order valence-electron chi connectivity index (χ1n) is 4.42. The molecule has 0 heterocycles. The maximum atomic E-state index is 11.7. The van der Waals surface area contributed by atoms with Crippen LogP contribution in [-0.4, -0.2) is 52.0 Å². The van der Waals surface area contributed by atoms with Gasteiger partial charge in [-0.05, 0) is 12.5 Å². The fourth-order valence-electron chi connectivity index (χ4n) is 1.13. The van der Waals surface area contributed by atoms with Crippen LogP contribution in [0.1, 0.15) is 0 Å². The highest BCUT2D eigenvalue weighted by Crippen LogP contribution is 2.16. The highest BCUT2D eigenvalue weighted by atomic mass is 32.2. The van der Waals surface area contributed by atoms with Gasteiger partial charge in [0.2, 0.25) is 0 Å². The number of carbonyl (C=O) groups is 3. The molecule has 0 radical (unpaired) electrons. The van der Waals surface area contributed by atoms with Gasteiger partial charge >= 0.3 is 11.9 Å². The van der Waals surface area contributed by atoms with Gasteiger partial charge in [0, 0.05) is 11.5 Å². The minimum absolute atomic E-state index is 0.103. The van der Waals surface area contributed by atoms with E-state index in [0.29, 0.717) is 0 Å². The van der Waals surface area contributed by atoms with E-state index in [4.69, 9.17) is 10.2 Å². The maximum absolute atomic E-state index is 11.7. The lowest BCUT2D eigenvalue weighted by Gasteiger charge is -2.15. The van der Waals surface area contributed by atoms with Crippen molar-refractivity contribution in [3.63, 3.8) is 0 Å². The van der Waals surface area contributed by atoms with Crippen LogP contribution in [-0.2, 0) is 14.4 Å². The zero-order valence-corrected chi connectivity index (χ0v) is 10.6. The van der Waals surface area contributed by atoms with Gasteiger partial charge in [-0.2, -0.15) is 23.5 Å². The molecule has 0 aliphatic rings. The van der Waals surface area contributed by atoms with Crippen molar-refractivity contribution in [1.82, 2.24) is 0 Å². The summed E-state index contributed by atoms with van der Waals surface area (Å²) in [4.78, 5) is 33.4. The Morgan fingerprint density at radius 2 is 1.25 bits per heavy atom. The normalized spacial score (nSPS) is 14.1. The number of thioether (sulfide) groups is 2. The summed E-state index contributed by atoms with van der Waals surface area (Å²) in [5.41, 5.74) is 0. The molecular weight excluding hydrogens is 252 g/mol. The molecule has 0 aliphatic carbocycles. The summed E-state index contributed by atoms with van der Waals surface area (Å²) >= 11 is 2.42. The molecule has 2 N–H and O–H groups in total. The molecule has 2 unspecified atom stereocenters. The first-order chi connectivity index (χ1) is 7.45. The van der Waals surface area contributed by atoms with Gasteiger partial charge in [0.05, 0.1) is 0 Å². The van der Waals surface area contributed by atoms with E-state index in [0.717, 1.165) is 0 Å². The van der Waals surface area contributed by atoms with Crippen LogP contribution in [0.4, 0.5) is 0 Å². The van der Waals surface area contributed by atoms with Crippen LogP contribution in [0.2, 0.25) is 0 Å². The van der Waals surface area contributed by atoms with Crippen molar-refractivity contribution >= 4 is 41.2 Å².